The van der Waals surface area contributed by atoms with Gasteiger partial charge >= 0.3 is 0 Å². The lowest BCUT2D eigenvalue weighted by molar-refractivity contribution is 0.415. The lowest BCUT2D eigenvalue weighted by Gasteiger charge is -1.96. The summed E-state index contributed by atoms with van der Waals surface area (Å²) in [6.07, 6.45) is 0. The molecule has 0 spiro atoms. The van der Waals surface area contributed by atoms with Crippen molar-refractivity contribution in [3.8, 4) is 5.75 Å². The Morgan fingerprint density at radius 3 is 2.93 bits per heavy atom. The number of aromatic nitrogens is 1. The Hall–Kier alpha value is -1.13. The second kappa shape index (κ2) is 3.55. The number of hydrogen-bond donors (Lipinski definition) is 1. The van der Waals surface area contributed by atoms with Crippen molar-refractivity contribution in [1.29, 1.82) is 0 Å². The Morgan fingerprint density at radius 1 is 1.50 bits per heavy atom. The van der Waals surface area contributed by atoms with E-state index in [2.05, 4.69) is 4.98 Å². The zero-order valence-corrected chi connectivity index (χ0v) is 8.97. The number of nitrogens with two attached hydrogens (primary N) is 1. The van der Waals surface area contributed by atoms with Gasteiger partial charge in [-0.3, -0.25) is 0 Å². The van der Waals surface area contributed by atoms with Crippen LogP contribution in [0, 0.1) is 0 Å². The number of benzene rings is 1. The fourth-order valence-electron chi connectivity index (χ4n) is 1.25. The predicted molar refractivity (Wildman–Crippen MR) is 58.8 cm³/mol. The molecule has 0 aliphatic carbocycles. The van der Waals surface area contributed by atoms with Crippen LogP contribution in [0.15, 0.2) is 18.2 Å². The van der Waals surface area contributed by atoms with E-state index < -0.39 is 0 Å². The smallest absolute Gasteiger partial charge is 0.121 e. The maximum Gasteiger partial charge on any atom is 0.121 e. The Balaban J connectivity index is 2.54. The standard InChI is InChI=1S/C10H12N2OS/c1-6(11)10-12-8-5-7(13-2)3-4-9(8)14-10/h3-6H,11H2,1-2H3/t6-/m0/s1. The molecule has 1 aromatic heterocycles. The number of nitrogens with zero attached hydrogens (tertiary/aromatic N) is 1. The highest BCUT2D eigenvalue weighted by Gasteiger charge is 2.07. The van der Waals surface area contributed by atoms with Crippen molar-refractivity contribution in [3.05, 3.63) is 23.2 Å². The summed E-state index contributed by atoms with van der Waals surface area (Å²) in [5.41, 5.74) is 6.72. The molecular formula is C10H12N2OS. The molecule has 0 aliphatic rings. The molecule has 0 saturated carbocycles. The normalized spacial score (nSPS) is 13.1. The summed E-state index contributed by atoms with van der Waals surface area (Å²) in [4.78, 5) is 4.43. The van der Waals surface area contributed by atoms with Gasteiger partial charge in [-0.05, 0) is 19.1 Å². The van der Waals surface area contributed by atoms with Crippen molar-refractivity contribution in [3.63, 3.8) is 0 Å². The summed E-state index contributed by atoms with van der Waals surface area (Å²) in [6, 6.07) is 5.87. The van der Waals surface area contributed by atoms with E-state index >= 15 is 0 Å². The average molecular weight is 208 g/mol. The maximum absolute atomic E-state index is 5.76. The summed E-state index contributed by atoms with van der Waals surface area (Å²) < 4.78 is 6.28. The van der Waals surface area contributed by atoms with Crippen molar-refractivity contribution in [2.75, 3.05) is 7.11 Å². The summed E-state index contributed by atoms with van der Waals surface area (Å²) in [5.74, 6) is 0.832. The number of methoxy groups -OCH3 is 1. The second-order valence-electron chi connectivity index (χ2n) is 3.17. The average Bonchev–Trinajstić information content (AvgIpc) is 2.59. The Labute approximate surface area is 86.5 Å². The van der Waals surface area contributed by atoms with Gasteiger partial charge in [0.2, 0.25) is 0 Å². The van der Waals surface area contributed by atoms with Crippen LogP contribution < -0.4 is 10.5 Å². The number of hydrogen-bond acceptors (Lipinski definition) is 4. The highest BCUT2D eigenvalue weighted by Crippen LogP contribution is 2.28. The van der Waals surface area contributed by atoms with Crippen molar-refractivity contribution in [2.24, 2.45) is 5.73 Å². The van der Waals surface area contributed by atoms with E-state index in [1.165, 1.54) is 0 Å². The van der Waals surface area contributed by atoms with Crippen molar-refractivity contribution >= 4 is 21.6 Å². The third-order valence-electron chi connectivity index (χ3n) is 2.00. The van der Waals surface area contributed by atoms with Crippen molar-refractivity contribution in [2.45, 2.75) is 13.0 Å². The molecule has 0 aliphatic heterocycles. The van der Waals surface area contributed by atoms with E-state index in [1.807, 2.05) is 25.1 Å². The van der Waals surface area contributed by atoms with E-state index in [1.54, 1.807) is 18.4 Å². The van der Waals surface area contributed by atoms with E-state index in [0.29, 0.717) is 0 Å². The molecule has 74 valence electrons. The second-order valence-corrected chi connectivity index (χ2v) is 4.24. The SMILES string of the molecule is COc1ccc2sc([C@H](C)N)nc2c1. The van der Waals surface area contributed by atoms with Crippen LogP contribution in [0.3, 0.4) is 0 Å². The molecule has 0 radical (unpaired) electrons. The van der Waals surface area contributed by atoms with Gasteiger partial charge in [0.1, 0.15) is 10.8 Å². The van der Waals surface area contributed by atoms with Gasteiger partial charge in [0.15, 0.2) is 0 Å². The molecule has 2 rings (SSSR count). The monoisotopic (exact) mass is 208 g/mol. The lowest BCUT2D eigenvalue weighted by atomic mass is 10.3. The predicted octanol–water partition coefficient (Wildman–Crippen LogP) is 2.32. The van der Waals surface area contributed by atoms with E-state index in [9.17, 15) is 0 Å². The molecule has 1 heterocycles. The van der Waals surface area contributed by atoms with Crippen LogP contribution in [0.25, 0.3) is 10.2 Å². The number of thiazole rings is 1. The molecule has 2 N–H and O–H groups in total. The van der Waals surface area contributed by atoms with Crippen LogP contribution >= 0.6 is 11.3 Å². The minimum Gasteiger partial charge on any atom is -0.497 e. The van der Waals surface area contributed by atoms with Crippen LogP contribution in [0.4, 0.5) is 0 Å². The molecule has 3 nitrogen and oxygen atoms in total. The third kappa shape index (κ3) is 1.58. The summed E-state index contributed by atoms with van der Waals surface area (Å²) in [5, 5.41) is 0.966. The van der Waals surface area contributed by atoms with Gasteiger partial charge in [-0.15, -0.1) is 11.3 Å². The van der Waals surface area contributed by atoms with Crippen molar-refractivity contribution < 1.29 is 4.74 Å². The molecule has 0 amide bonds. The molecular weight excluding hydrogens is 196 g/mol. The van der Waals surface area contributed by atoms with E-state index in [-0.39, 0.29) is 6.04 Å². The van der Waals surface area contributed by atoms with Gasteiger partial charge in [-0.25, -0.2) is 4.98 Å². The highest BCUT2D eigenvalue weighted by atomic mass is 32.1. The highest BCUT2D eigenvalue weighted by molar-refractivity contribution is 7.18. The number of ether oxygens (including phenoxy) is 1. The number of fused-ring (bicyclic) bond motifs is 1. The first-order chi connectivity index (χ1) is 6.70. The molecule has 14 heavy (non-hydrogen) atoms. The Morgan fingerprint density at radius 2 is 2.29 bits per heavy atom. The van der Waals surface area contributed by atoms with Gasteiger partial charge in [-0.1, -0.05) is 0 Å². The first-order valence-electron chi connectivity index (χ1n) is 4.41. The quantitative estimate of drug-likeness (QED) is 0.824. The van der Waals surface area contributed by atoms with Crippen molar-refractivity contribution in [1.82, 2.24) is 4.98 Å². The largest absolute Gasteiger partial charge is 0.497 e. The zero-order valence-electron chi connectivity index (χ0n) is 8.15. The minimum absolute atomic E-state index is 0.00149. The summed E-state index contributed by atoms with van der Waals surface area (Å²) >= 11 is 1.63. The summed E-state index contributed by atoms with van der Waals surface area (Å²) in [7, 11) is 1.65. The van der Waals surface area contributed by atoms with Gasteiger partial charge < -0.3 is 10.5 Å². The Bertz CT molecular complexity index is 450. The van der Waals surface area contributed by atoms with Gasteiger partial charge in [0.25, 0.3) is 0 Å². The summed E-state index contributed by atoms with van der Waals surface area (Å²) in [6.45, 7) is 1.94. The third-order valence-corrected chi connectivity index (χ3v) is 3.24. The molecule has 0 saturated heterocycles. The van der Waals surface area contributed by atoms with Crippen LogP contribution in [-0.2, 0) is 0 Å². The molecule has 2 aromatic rings. The fraction of sp³-hybridized carbons (Fsp3) is 0.300. The molecule has 0 unspecified atom stereocenters. The molecule has 0 fully saturated rings. The van der Waals surface area contributed by atoms with E-state index in [4.69, 9.17) is 10.5 Å². The molecule has 4 heteroatoms. The van der Waals surface area contributed by atoms with Crippen LogP contribution in [-0.4, -0.2) is 12.1 Å². The van der Waals surface area contributed by atoms with Gasteiger partial charge in [0, 0.05) is 6.07 Å². The fourth-order valence-corrected chi connectivity index (χ4v) is 2.15. The van der Waals surface area contributed by atoms with Crippen LogP contribution in [0.2, 0.25) is 0 Å². The Kier molecular flexibility index (Phi) is 2.39. The van der Waals surface area contributed by atoms with Gasteiger partial charge in [0.05, 0.1) is 23.4 Å². The zero-order chi connectivity index (χ0) is 10.1. The van der Waals surface area contributed by atoms with Gasteiger partial charge in [-0.2, -0.15) is 0 Å². The molecule has 1 atom stereocenters. The van der Waals surface area contributed by atoms with E-state index in [0.717, 1.165) is 21.0 Å². The first kappa shape index (κ1) is 9.43. The van der Waals surface area contributed by atoms with Crippen LogP contribution in [0.1, 0.15) is 18.0 Å². The lowest BCUT2D eigenvalue weighted by Crippen LogP contribution is -2.03. The minimum atomic E-state index is -0.00149. The number of rotatable bonds is 2. The van der Waals surface area contributed by atoms with Crippen LogP contribution in [0.5, 0.6) is 5.75 Å². The molecule has 1 aromatic carbocycles. The molecule has 0 bridgehead atoms. The maximum atomic E-state index is 5.76. The first-order valence-corrected chi connectivity index (χ1v) is 5.22. The topological polar surface area (TPSA) is 48.1 Å².